The summed E-state index contributed by atoms with van der Waals surface area (Å²) < 4.78 is 23.8. The standard InChI is InChI=1S/C11H8BrFN2O3S/c1-2-17-10(16)9-14-15-11(19-9)18-8-5-6(13)3-4-7(8)12/h3-5H,2H2,1H3. The van der Waals surface area contributed by atoms with Gasteiger partial charge >= 0.3 is 5.97 Å². The van der Waals surface area contributed by atoms with E-state index >= 15 is 0 Å². The fraction of sp³-hybridized carbons (Fsp3) is 0.182. The molecule has 0 aliphatic rings. The monoisotopic (exact) mass is 346 g/mol. The Morgan fingerprint density at radius 3 is 3.00 bits per heavy atom. The molecule has 0 aliphatic carbocycles. The highest BCUT2D eigenvalue weighted by Crippen LogP contribution is 2.31. The average molecular weight is 347 g/mol. The molecule has 1 aromatic carbocycles. The molecule has 1 heterocycles. The average Bonchev–Trinajstić information content (AvgIpc) is 2.83. The van der Waals surface area contributed by atoms with Crippen LogP contribution in [0.2, 0.25) is 0 Å². The van der Waals surface area contributed by atoms with Crippen molar-refractivity contribution in [1.29, 1.82) is 0 Å². The maximum Gasteiger partial charge on any atom is 0.369 e. The summed E-state index contributed by atoms with van der Waals surface area (Å²) in [5.41, 5.74) is 0. The van der Waals surface area contributed by atoms with E-state index in [4.69, 9.17) is 9.47 Å². The molecule has 2 rings (SSSR count). The Morgan fingerprint density at radius 1 is 1.47 bits per heavy atom. The minimum Gasteiger partial charge on any atom is -0.461 e. The third-order valence-corrected chi connectivity index (χ3v) is 3.38. The third-order valence-electron chi connectivity index (χ3n) is 1.95. The lowest BCUT2D eigenvalue weighted by atomic mass is 10.3. The van der Waals surface area contributed by atoms with Crippen LogP contribution in [0.5, 0.6) is 10.9 Å². The fourth-order valence-corrected chi connectivity index (χ4v) is 2.11. The van der Waals surface area contributed by atoms with E-state index in [1.54, 1.807) is 6.92 Å². The highest BCUT2D eigenvalue weighted by molar-refractivity contribution is 9.10. The number of hydrogen-bond donors (Lipinski definition) is 0. The lowest BCUT2D eigenvalue weighted by molar-refractivity contribution is 0.0525. The van der Waals surface area contributed by atoms with E-state index in [1.165, 1.54) is 18.2 Å². The van der Waals surface area contributed by atoms with Gasteiger partial charge in [0.1, 0.15) is 11.6 Å². The number of nitrogens with zero attached hydrogens (tertiary/aromatic N) is 2. The summed E-state index contributed by atoms with van der Waals surface area (Å²) in [6, 6.07) is 4.01. The van der Waals surface area contributed by atoms with Gasteiger partial charge in [-0.05, 0) is 46.3 Å². The maximum absolute atomic E-state index is 13.1. The summed E-state index contributed by atoms with van der Waals surface area (Å²) in [4.78, 5) is 11.4. The van der Waals surface area contributed by atoms with Gasteiger partial charge in [0.2, 0.25) is 5.01 Å². The molecule has 5 nitrogen and oxygen atoms in total. The van der Waals surface area contributed by atoms with Gasteiger partial charge in [-0.3, -0.25) is 0 Å². The Kier molecular flexibility index (Phi) is 4.43. The van der Waals surface area contributed by atoms with Gasteiger partial charge in [-0.15, -0.1) is 5.10 Å². The first-order valence-electron chi connectivity index (χ1n) is 5.23. The molecule has 0 spiro atoms. The van der Waals surface area contributed by atoms with Crippen LogP contribution in [0.15, 0.2) is 22.7 Å². The molecule has 0 atom stereocenters. The van der Waals surface area contributed by atoms with Crippen LogP contribution in [-0.2, 0) is 4.74 Å². The van der Waals surface area contributed by atoms with Crippen LogP contribution in [0.4, 0.5) is 4.39 Å². The second-order valence-electron chi connectivity index (χ2n) is 3.27. The summed E-state index contributed by atoms with van der Waals surface area (Å²) in [5.74, 6) is -0.743. The normalized spacial score (nSPS) is 10.3. The van der Waals surface area contributed by atoms with Crippen LogP contribution in [-0.4, -0.2) is 22.8 Å². The fourth-order valence-electron chi connectivity index (χ4n) is 1.18. The molecule has 1 aromatic heterocycles. The van der Waals surface area contributed by atoms with E-state index in [9.17, 15) is 9.18 Å². The van der Waals surface area contributed by atoms with E-state index in [2.05, 4.69) is 26.1 Å². The first-order chi connectivity index (χ1) is 9.10. The first-order valence-corrected chi connectivity index (χ1v) is 6.84. The first kappa shape index (κ1) is 13.9. The number of esters is 1. The number of ether oxygens (including phenoxy) is 2. The molecule has 2 aromatic rings. The Labute approximate surface area is 120 Å². The quantitative estimate of drug-likeness (QED) is 0.794. The van der Waals surface area contributed by atoms with Crippen molar-refractivity contribution >= 4 is 33.2 Å². The summed E-state index contributed by atoms with van der Waals surface area (Å²) in [6.07, 6.45) is 0. The van der Waals surface area contributed by atoms with E-state index in [0.717, 1.165) is 11.3 Å². The lowest BCUT2D eigenvalue weighted by Gasteiger charge is -2.03. The van der Waals surface area contributed by atoms with Crippen LogP contribution >= 0.6 is 27.3 Å². The number of rotatable bonds is 4. The predicted octanol–water partition coefficient (Wildman–Crippen LogP) is 3.41. The Bertz CT molecular complexity index is 605. The zero-order chi connectivity index (χ0) is 13.8. The molecule has 0 radical (unpaired) electrons. The second kappa shape index (κ2) is 6.07. The van der Waals surface area contributed by atoms with Crippen LogP contribution in [0.1, 0.15) is 16.7 Å². The number of hydrogen-bond acceptors (Lipinski definition) is 6. The summed E-state index contributed by atoms with van der Waals surface area (Å²) >= 11 is 4.15. The van der Waals surface area contributed by atoms with Crippen molar-refractivity contribution in [3.63, 3.8) is 0 Å². The lowest BCUT2D eigenvalue weighted by Crippen LogP contribution is -2.03. The Morgan fingerprint density at radius 2 is 2.26 bits per heavy atom. The molecule has 19 heavy (non-hydrogen) atoms. The molecular formula is C11H8BrFN2O3S. The molecule has 0 unspecified atom stereocenters. The molecule has 0 aliphatic heterocycles. The van der Waals surface area contributed by atoms with Gasteiger partial charge in [-0.25, -0.2) is 9.18 Å². The number of aromatic nitrogens is 2. The van der Waals surface area contributed by atoms with Gasteiger partial charge in [0.05, 0.1) is 11.1 Å². The SMILES string of the molecule is CCOC(=O)c1nnc(Oc2cc(F)ccc2Br)s1. The van der Waals surface area contributed by atoms with Gasteiger partial charge in [0.25, 0.3) is 5.19 Å². The maximum atomic E-state index is 13.1. The van der Waals surface area contributed by atoms with Crippen molar-refractivity contribution in [3.8, 4) is 10.9 Å². The molecule has 0 saturated heterocycles. The molecular weight excluding hydrogens is 339 g/mol. The van der Waals surface area contributed by atoms with Crippen molar-refractivity contribution in [2.45, 2.75) is 6.92 Å². The van der Waals surface area contributed by atoms with Crippen molar-refractivity contribution in [3.05, 3.63) is 33.5 Å². The van der Waals surface area contributed by atoms with E-state index in [0.29, 0.717) is 4.47 Å². The van der Waals surface area contributed by atoms with Crippen LogP contribution < -0.4 is 4.74 Å². The summed E-state index contributed by atoms with van der Waals surface area (Å²) in [5, 5.41) is 7.55. The highest BCUT2D eigenvalue weighted by Gasteiger charge is 2.15. The molecule has 0 fully saturated rings. The van der Waals surface area contributed by atoms with Gasteiger partial charge in [-0.2, -0.15) is 0 Å². The summed E-state index contributed by atoms with van der Waals surface area (Å²) in [7, 11) is 0. The minimum atomic E-state index is -0.562. The molecule has 0 amide bonds. The predicted molar refractivity (Wildman–Crippen MR) is 70.0 cm³/mol. The van der Waals surface area contributed by atoms with Gasteiger partial charge in [0, 0.05) is 6.07 Å². The molecule has 0 bridgehead atoms. The number of carbonyl (C=O) groups is 1. The van der Waals surface area contributed by atoms with Crippen LogP contribution in [0, 0.1) is 5.82 Å². The van der Waals surface area contributed by atoms with Crippen molar-refractivity contribution in [1.82, 2.24) is 10.2 Å². The topological polar surface area (TPSA) is 61.3 Å². The Hall–Kier alpha value is -1.54. The highest BCUT2D eigenvalue weighted by atomic mass is 79.9. The summed E-state index contributed by atoms with van der Waals surface area (Å²) in [6.45, 7) is 1.95. The van der Waals surface area contributed by atoms with Gasteiger partial charge in [0.15, 0.2) is 0 Å². The van der Waals surface area contributed by atoms with Crippen molar-refractivity contribution in [2.24, 2.45) is 0 Å². The largest absolute Gasteiger partial charge is 0.461 e. The van der Waals surface area contributed by atoms with Crippen molar-refractivity contribution < 1.29 is 18.7 Å². The van der Waals surface area contributed by atoms with Crippen LogP contribution in [0.25, 0.3) is 0 Å². The zero-order valence-corrected chi connectivity index (χ0v) is 12.1. The Balaban J connectivity index is 2.15. The molecule has 0 N–H and O–H groups in total. The molecule has 100 valence electrons. The van der Waals surface area contributed by atoms with Gasteiger partial charge in [-0.1, -0.05) is 5.10 Å². The van der Waals surface area contributed by atoms with Crippen LogP contribution in [0.3, 0.4) is 0 Å². The molecule has 0 saturated carbocycles. The number of benzene rings is 1. The minimum absolute atomic E-state index is 0.0874. The van der Waals surface area contributed by atoms with E-state index in [-0.39, 0.29) is 22.6 Å². The van der Waals surface area contributed by atoms with E-state index in [1.807, 2.05) is 0 Å². The number of halogens is 2. The third kappa shape index (κ3) is 3.48. The number of carbonyl (C=O) groups excluding carboxylic acids is 1. The van der Waals surface area contributed by atoms with Gasteiger partial charge < -0.3 is 9.47 Å². The van der Waals surface area contributed by atoms with E-state index < -0.39 is 11.8 Å². The van der Waals surface area contributed by atoms with Crippen molar-refractivity contribution in [2.75, 3.05) is 6.61 Å². The smallest absolute Gasteiger partial charge is 0.369 e. The molecule has 8 heteroatoms. The zero-order valence-electron chi connectivity index (χ0n) is 9.72. The second-order valence-corrected chi connectivity index (χ2v) is 5.06.